The van der Waals surface area contributed by atoms with Crippen LogP contribution in [0.15, 0.2) is 36.4 Å². The van der Waals surface area contributed by atoms with Crippen molar-refractivity contribution in [1.29, 1.82) is 0 Å². The molecular formula is C17H18N2O9. The topological polar surface area (TPSA) is 151 Å². The Balaban J connectivity index is 2.39. The van der Waals surface area contributed by atoms with Crippen LogP contribution in [-0.4, -0.2) is 41.1 Å². The Hall–Kier alpha value is -3.63. The summed E-state index contributed by atoms with van der Waals surface area (Å²) in [6, 6.07) is 10.2. The van der Waals surface area contributed by atoms with E-state index in [1.807, 2.05) is 0 Å². The number of aliphatic carboxylic acids is 1. The highest BCUT2D eigenvalue weighted by Gasteiger charge is 2.39. The normalized spacial score (nSPS) is 13.9. The number of carboxylic acid groups (broad SMARTS) is 1. The van der Waals surface area contributed by atoms with E-state index < -0.39 is 40.7 Å². The lowest BCUT2D eigenvalue weighted by Crippen LogP contribution is -2.39. The molecule has 2 aromatic rings. The van der Waals surface area contributed by atoms with E-state index in [-0.39, 0.29) is 0 Å². The minimum absolute atomic E-state index is 0.357. The zero-order chi connectivity index (χ0) is 20.9. The molecule has 2 rings (SSSR count). The van der Waals surface area contributed by atoms with E-state index in [0.717, 1.165) is 10.8 Å². The molecule has 0 saturated heterocycles. The molecule has 0 unspecified atom stereocenters. The van der Waals surface area contributed by atoms with Gasteiger partial charge in [0, 0.05) is 0 Å². The molecule has 0 aliphatic carbocycles. The minimum Gasteiger partial charge on any atom is -0.497 e. The maximum Gasteiger partial charge on any atom is 0.313 e. The highest BCUT2D eigenvalue weighted by Crippen LogP contribution is 2.33. The van der Waals surface area contributed by atoms with Crippen LogP contribution in [0.3, 0.4) is 0 Å². The summed E-state index contributed by atoms with van der Waals surface area (Å²) in [4.78, 5) is 41.6. The van der Waals surface area contributed by atoms with E-state index in [4.69, 9.17) is 4.74 Å². The molecule has 150 valence electrons. The van der Waals surface area contributed by atoms with E-state index in [2.05, 4.69) is 9.68 Å². The Labute approximate surface area is 158 Å². The molecule has 11 heteroatoms. The predicted octanol–water partition coefficient (Wildman–Crippen LogP) is 2.37. The van der Waals surface area contributed by atoms with Crippen molar-refractivity contribution in [3.8, 4) is 5.75 Å². The average Bonchev–Trinajstić information content (AvgIpc) is 2.64. The zero-order valence-corrected chi connectivity index (χ0v) is 15.1. The van der Waals surface area contributed by atoms with Crippen LogP contribution in [0.4, 0.5) is 0 Å². The quantitative estimate of drug-likeness (QED) is 0.473. The lowest BCUT2D eigenvalue weighted by molar-refractivity contribution is -0.790. The molecule has 0 radical (unpaired) electrons. The van der Waals surface area contributed by atoms with Crippen LogP contribution in [0.25, 0.3) is 10.8 Å². The first kappa shape index (κ1) is 20.7. The Kier molecular flexibility index (Phi) is 6.18. The largest absolute Gasteiger partial charge is 0.497 e. The third-order valence-corrected chi connectivity index (χ3v) is 4.39. The Morgan fingerprint density at radius 3 is 2.36 bits per heavy atom. The van der Waals surface area contributed by atoms with Gasteiger partial charge in [-0.15, -0.1) is 20.2 Å². The first-order valence-corrected chi connectivity index (χ1v) is 8.06. The fourth-order valence-corrected chi connectivity index (χ4v) is 2.87. The molecule has 11 nitrogen and oxygen atoms in total. The van der Waals surface area contributed by atoms with Crippen molar-refractivity contribution in [2.24, 2.45) is 0 Å². The van der Waals surface area contributed by atoms with Gasteiger partial charge in [-0.05, 0) is 41.8 Å². The summed E-state index contributed by atoms with van der Waals surface area (Å²) in [5, 5.41) is 30.1. The molecule has 1 N–H and O–H groups in total. The third-order valence-electron chi connectivity index (χ3n) is 4.39. The highest BCUT2D eigenvalue weighted by atomic mass is 17.0. The SMILES string of the molecule is COc1ccc2cc([C@](C)(C[C@@H](CO[N+](=O)[O-])O[N+](=O)[O-])C(=O)O)ccc2c1. The van der Waals surface area contributed by atoms with Gasteiger partial charge in [0.25, 0.3) is 10.2 Å². The third kappa shape index (κ3) is 4.75. The number of methoxy groups -OCH3 is 1. The second kappa shape index (κ2) is 8.37. The lowest BCUT2D eigenvalue weighted by atomic mass is 9.77. The molecule has 0 aromatic heterocycles. The summed E-state index contributed by atoms with van der Waals surface area (Å²) < 4.78 is 5.15. The standard InChI is InChI=1S/C17H18N2O9/c1-17(16(20)21,9-15(28-19(24)25)10-27-18(22)23)13-5-3-12-8-14(26-2)6-4-11(12)7-13/h3-8,15H,9-10H2,1-2H3,(H,20,21)/t15-,17-/m0/s1. The fraction of sp³-hybridized carbons (Fsp3) is 0.353. The summed E-state index contributed by atoms with van der Waals surface area (Å²) >= 11 is 0. The monoisotopic (exact) mass is 394 g/mol. The van der Waals surface area contributed by atoms with Gasteiger partial charge >= 0.3 is 5.97 Å². The van der Waals surface area contributed by atoms with Crippen LogP contribution < -0.4 is 4.74 Å². The molecule has 0 heterocycles. The summed E-state index contributed by atoms with van der Waals surface area (Å²) in [6.07, 6.45) is -1.87. The molecule has 0 saturated carbocycles. The van der Waals surface area contributed by atoms with Crippen LogP contribution in [0.1, 0.15) is 18.9 Å². The van der Waals surface area contributed by atoms with E-state index in [0.29, 0.717) is 11.3 Å². The first-order chi connectivity index (χ1) is 13.2. The van der Waals surface area contributed by atoms with Crippen molar-refractivity contribution < 1.29 is 34.5 Å². The van der Waals surface area contributed by atoms with E-state index in [1.165, 1.54) is 14.0 Å². The number of fused-ring (bicyclic) bond motifs is 1. The number of hydrogen-bond acceptors (Lipinski definition) is 8. The Morgan fingerprint density at radius 2 is 1.79 bits per heavy atom. The van der Waals surface area contributed by atoms with Crippen molar-refractivity contribution in [2.45, 2.75) is 24.9 Å². The molecule has 2 aromatic carbocycles. The number of hydrogen-bond donors (Lipinski definition) is 1. The van der Waals surface area contributed by atoms with Crippen LogP contribution in [0.2, 0.25) is 0 Å². The number of carboxylic acids is 1. The molecule has 2 atom stereocenters. The van der Waals surface area contributed by atoms with Crippen LogP contribution in [0.5, 0.6) is 5.75 Å². The number of rotatable bonds is 10. The van der Waals surface area contributed by atoms with Gasteiger partial charge in [0.2, 0.25) is 0 Å². The fourth-order valence-electron chi connectivity index (χ4n) is 2.87. The van der Waals surface area contributed by atoms with Crippen LogP contribution in [0, 0.1) is 20.2 Å². The summed E-state index contributed by atoms with van der Waals surface area (Å²) in [7, 11) is 1.53. The van der Waals surface area contributed by atoms with Gasteiger partial charge in [0.1, 0.15) is 18.5 Å². The molecule has 0 fully saturated rings. The first-order valence-electron chi connectivity index (χ1n) is 8.06. The number of nitrogens with zero attached hydrogens (tertiary/aromatic N) is 2. The molecule has 0 aliphatic heterocycles. The summed E-state index contributed by atoms with van der Waals surface area (Å²) in [5.74, 6) is -0.629. The summed E-state index contributed by atoms with van der Waals surface area (Å²) in [6.45, 7) is 0.587. The Bertz CT molecular complexity index is 901. The van der Waals surface area contributed by atoms with Crippen molar-refractivity contribution in [3.05, 3.63) is 62.2 Å². The van der Waals surface area contributed by atoms with Gasteiger partial charge in [-0.3, -0.25) is 4.79 Å². The zero-order valence-electron chi connectivity index (χ0n) is 15.1. The van der Waals surface area contributed by atoms with Crippen molar-refractivity contribution in [3.63, 3.8) is 0 Å². The van der Waals surface area contributed by atoms with Gasteiger partial charge in [0.05, 0.1) is 12.5 Å². The van der Waals surface area contributed by atoms with Crippen molar-refractivity contribution >= 4 is 16.7 Å². The van der Waals surface area contributed by atoms with Gasteiger partial charge in [-0.25, -0.2) is 0 Å². The van der Waals surface area contributed by atoms with E-state index >= 15 is 0 Å². The molecule has 0 bridgehead atoms. The van der Waals surface area contributed by atoms with E-state index in [9.17, 15) is 30.1 Å². The number of carbonyl (C=O) groups is 1. The van der Waals surface area contributed by atoms with Crippen LogP contribution >= 0.6 is 0 Å². The maximum atomic E-state index is 12.0. The second-order valence-corrected chi connectivity index (χ2v) is 6.24. The van der Waals surface area contributed by atoms with Crippen molar-refractivity contribution in [1.82, 2.24) is 0 Å². The lowest BCUT2D eigenvalue weighted by Gasteiger charge is -2.29. The van der Waals surface area contributed by atoms with Crippen LogP contribution in [-0.2, 0) is 19.9 Å². The molecule has 0 aliphatic rings. The smallest absolute Gasteiger partial charge is 0.313 e. The van der Waals surface area contributed by atoms with Crippen molar-refractivity contribution in [2.75, 3.05) is 13.7 Å². The van der Waals surface area contributed by atoms with E-state index in [1.54, 1.807) is 36.4 Å². The number of benzene rings is 2. The molecule has 0 amide bonds. The molecule has 0 spiro atoms. The molecule has 28 heavy (non-hydrogen) atoms. The average molecular weight is 394 g/mol. The maximum absolute atomic E-state index is 12.0. The van der Waals surface area contributed by atoms with Gasteiger partial charge in [-0.2, -0.15) is 0 Å². The van der Waals surface area contributed by atoms with Gasteiger partial charge in [0.15, 0.2) is 0 Å². The predicted molar refractivity (Wildman–Crippen MR) is 94.9 cm³/mol. The second-order valence-electron chi connectivity index (χ2n) is 6.24. The van der Waals surface area contributed by atoms with Gasteiger partial charge < -0.3 is 19.5 Å². The molecular weight excluding hydrogens is 376 g/mol. The minimum atomic E-state index is -1.62. The Morgan fingerprint density at radius 1 is 1.14 bits per heavy atom. The summed E-state index contributed by atoms with van der Waals surface area (Å²) in [5.41, 5.74) is -1.26. The van der Waals surface area contributed by atoms with Gasteiger partial charge in [-0.1, -0.05) is 24.3 Å². The number of ether oxygens (including phenoxy) is 1. The highest BCUT2D eigenvalue weighted by molar-refractivity contribution is 5.88.